The third-order valence-electron chi connectivity index (χ3n) is 3.59. The van der Waals surface area contributed by atoms with E-state index in [-0.39, 0.29) is 0 Å². The third-order valence-corrected chi connectivity index (χ3v) is 15.6. The van der Waals surface area contributed by atoms with Crippen LogP contribution in [0.25, 0.3) is 0 Å². The van der Waals surface area contributed by atoms with Gasteiger partial charge in [-0.1, -0.05) is 0 Å². The second-order valence-corrected chi connectivity index (χ2v) is 17.6. The molecule has 23 heavy (non-hydrogen) atoms. The molecule has 0 aliphatic heterocycles. The summed E-state index contributed by atoms with van der Waals surface area (Å²) in [5.41, 5.74) is 0. The predicted molar refractivity (Wildman–Crippen MR) is 114 cm³/mol. The van der Waals surface area contributed by atoms with Crippen LogP contribution in [-0.2, 0) is 0 Å². The van der Waals surface area contributed by atoms with Crippen molar-refractivity contribution in [3.8, 4) is 0 Å². The zero-order valence-electron chi connectivity index (χ0n) is 13.9. The average Bonchev–Trinajstić information content (AvgIpc) is 2.60. The number of hydrogen-bond donors (Lipinski definition) is 0. The maximum absolute atomic E-state index is 3.62. The number of hydrogen-bond acceptors (Lipinski definition) is 2. The van der Waals surface area contributed by atoms with E-state index in [1.54, 1.807) is 0 Å². The van der Waals surface area contributed by atoms with Gasteiger partial charge in [0.15, 0.2) is 0 Å². The number of unbranched alkanes of at least 4 members (excludes halogenated alkanes) is 2. The Morgan fingerprint density at radius 3 is 1.91 bits per heavy atom. The van der Waals surface area contributed by atoms with Gasteiger partial charge in [-0.15, -0.1) is 0 Å². The van der Waals surface area contributed by atoms with E-state index in [4.69, 9.17) is 0 Å². The van der Waals surface area contributed by atoms with Crippen LogP contribution >= 0.6 is 27.9 Å². The molecule has 0 bridgehead atoms. The Morgan fingerprint density at radius 1 is 0.913 bits per heavy atom. The normalized spacial score (nSPS) is 13.0. The van der Waals surface area contributed by atoms with Gasteiger partial charge in [-0.2, -0.15) is 0 Å². The van der Waals surface area contributed by atoms with Crippen molar-refractivity contribution < 1.29 is 0 Å². The number of rotatable bonds is 9. The minimum atomic E-state index is -1.51. The first-order chi connectivity index (χ1) is 11.2. The summed E-state index contributed by atoms with van der Waals surface area (Å²) in [5.74, 6) is 1.27. The summed E-state index contributed by atoms with van der Waals surface area (Å²) < 4.78 is -0.916. The standard InChI is InChI=1S/C19H25PS2Se/c1-3-4-11-16-21-17(2)22-20(23,18-12-7-5-8-13-18)19-14-9-6-10-15-19/h5-10,12-15,17H,3-4,11,16H2,1-2H3. The molecule has 0 saturated carbocycles. The average molecular weight is 427 g/mol. The second-order valence-electron chi connectivity index (χ2n) is 5.47. The van der Waals surface area contributed by atoms with E-state index >= 15 is 0 Å². The molecular weight excluding hydrogens is 402 g/mol. The summed E-state index contributed by atoms with van der Waals surface area (Å²) >= 11 is 7.85. The van der Waals surface area contributed by atoms with E-state index < -0.39 is 4.71 Å². The minimum absolute atomic E-state index is 0.599. The molecular formula is C19H25PS2Se. The van der Waals surface area contributed by atoms with Gasteiger partial charge in [-0.25, -0.2) is 0 Å². The van der Waals surface area contributed by atoms with Crippen LogP contribution in [0.5, 0.6) is 0 Å². The Bertz CT molecular complexity index is 572. The first kappa shape index (κ1) is 19.4. The quantitative estimate of drug-likeness (QED) is 0.219. The van der Waals surface area contributed by atoms with Crippen LogP contribution in [-0.4, -0.2) is 25.4 Å². The molecule has 1 unspecified atom stereocenters. The molecule has 2 aromatic rings. The Morgan fingerprint density at radius 2 is 1.43 bits per heavy atom. The van der Waals surface area contributed by atoms with Crippen molar-refractivity contribution in [1.82, 2.24) is 0 Å². The fourth-order valence-electron chi connectivity index (χ4n) is 2.36. The van der Waals surface area contributed by atoms with E-state index in [2.05, 4.69) is 113 Å². The van der Waals surface area contributed by atoms with Crippen molar-refractivity contribution >= 4 is 53.6 Å². The molecule has 0 radical (unpaired) electrons. The summed E-state index contributed by atoms with van der Waals surface area (Å²) in [6, 6.07) is 21.9. The molecule has 2 rings (SSSR count). The zero-order chi connectivity index (χ0) is 16.5. The third kappa shape index (κ3) is 5.83. The van der Waals surface area contributed by atoms with Crippen molar-refractivity contribution in [2.75, 3.05) is 5.75 Å². The molecule has 4 heteroatoms. The molecule has 0 nitrogen and oxygen atoms in total. The number of benzene rings is 2. The molecule has 0 saturated heterocycles. The molecule has 124 valence electrons. The Balaban J connectivity index is 2.17. The van der Waals surface area contributed by atoms with E-state index in [1.807, 2.05) is 0 Å². The van der Waals surface area contributed by atoms with Gasteiger partial charge in [-0.05, 0) is 0 Å². The van der Waals surface area contributed by atoms with E-state index in [0.717, 1.165) is 0 Å². The summed E-state index contributed by atoms with van der Waals surface area (Å²) in [6.07, 6.45) is 3.98. The second kappa shape index (κ2) is 10.2. The van der Waals surface area contributed by atoms with Crippen LogP contribution in [0.4, 0.5) is 0 Å². The molecule has 0 aliphatic rings. The van der Waals surface area contributed by atoms with Gasteiger partial charge in [0.05, 0.1) is 0 Å². The van der Waals surface area contributed by atoms with Gasteiger partial charge >= 0.3 is 158 Å². The van der Waals surface area contributed by atoms with Crippen LogP contribution in [0.1, 0.15) is 33.1 Å². The van der Waals surface area contributed by atoms with Crippen molar-refractivity contribution in [2.45, 2.75) is 37.7 Å². The van der Waals surface area contributed by atoms with Gasteiger partial charge in [0.1, 0.15) is 0 Å². The topological polar surface area (TPSA) is 0 Å². The summed E-state index contributed by atoms with van der Waals surface area (Å²) in [4.78, 5) is 0. The van der Waals surface area contributed by atoms with E-state index in [0.29, 0.717) is 4.58 Å². The summed E-state index contributed by atoms with van der Waals surface area (Å²) in [6.45, 7) is 4.63. The Labute approximate surface area is 157 Å². The predicted octanol–water partition coefficient (Wildman–Crippen LogP) is 5.66. The summed E-state index contributed by atoms with van der Waals surface area (Å²) in [5, 5.41) is 2.88. The molecule has 0 aromatic heterocycles. The van der Waals surface area contributed by atoms with Crippen LogP contribution < -0.4 is 10.6 Å². The van der Waals surface area contributed by atoms with Crippen molar-refractivity contribution in [3.05, 3.63) is 60.7 Å². The first-order valence-corrected chi connectivity index (χ1v) is 14.7. The molecule has 0 aliphatic carbocycles. The molecule has 0 amide bonds. The van der Waals surface area contributed by atoms with Crippen LogP contribution in [0.15, 0.2) is 60.7 Å². The van der Waals surface area contributed by atoms with Gasteiger partial charge in [0.25, 0.3) is 0 Å². The van der Waals surface area contributed by atoms with Crippen molar-refractivity contribution in [2.24, 2.45) is 0 Å². The Kier molecular flexibility index (Phi) is 8.58. The molecule has 0 heterocycles. The van der Waals surface area contributed by atoms with E-state index in [9.17, 15) is 0 Å². The molecule has 0 spiro atoms. The maximum atomic E-state index is 3.62. The van der Waals surface area contributed by atoms with Gasteiger partial charge in [0.2, 0.25) is 0 Å². The SMILES string of the molecule is CCCCCSC(C)SP(=[Se])(c1ccccc1)c1ccccc1. The van der Waals surface area contributed by atoms with Gasteiger partial charge in [-0.3, -0.25) is 0 Å². The monoisotopic (exact) mass is 428 g/mol. The fraction of sp³-hybridized carbons (Fsp3) is 0.368. The fourth-order valence-corrected chi connectivity index (χ4v) is 15.2. The number of thioether (sulfide) groups is 1. The molecule has 0 N–H and O–H groups in total. The van der Waals surface area contributed by atoms with Crippen LogP contribution in [0.2, 0.25) is 0 Å². The van der Waals surface area contributed by atoms with Crippen LogP contribution in [0, 0.1) is 0 Å². The summed E-state index contributed by atoms with van der Waals surface area (Å²) in [7, 11) is 0. The zero-order valence-corrected chi connectivity index (χ0v) is 18.1. The van der Waals surface area contributed by atoms with Gasteiger partial charge in [0, 0.05) is 0 Å². The molecule has 0 fully saturated rings. The molecule has 2 aromatic carbocycles. The molecule has 1 atom stereocenters. The van der Waals surface area contributed by atoms with Crippen molar-refractivity contribution in [3.63, 3.8) is 0 Å². The van der Waals surface area contributed by atoms with Gasteiger partial charge < -0.3 is 0 Å². The first-order valence-electron chi connectivity index (χ1n) is 8.18. The Hall–Kier alpha value is 0.0895. The van der Waals surface area contributed by atoms with Crippen molar-refractivity contribution in [1.29, 1.82) is 0 Å². The van der Waals surface area contributed by atoms with E-state index in [1.165, 1.54) is 35.6 Å². The van der Waals surface area contributed by atoms with Crippen LogP contribution in [0.3, 0.4) is 0 Å².